The molecule has 1 fully saturated rings. The quantitative estimate of drug-likeness (QED) is 0.762. The average molecular weight is 284 g/mol. The van der Waals surface area contributed by atoms with Gasteiger partial charge in [-0.15, -0.1) is 0 Å². The molecule has 0 aromatic heterocycles. The predicted octanol–water partition coefficient (Wildman–Crippen LogP) is 1.00. The minimum atomic E-state index is -0.868. The number of likely N-dealkylation sites (tertiary alicyclic amines) is 1. The molecule has 1 rings (SSSR count). The Morgan fingerprint density at radius 1 is 1.35 bits per heavy atom. The van der Waals surface area contributed by atoms with E-state index in [1.165, 1.54) is 0 Å². The lowest BCUT2D eigenvalue weighted by Gasteiger charge is -2.34. The van der Waals surface area contributed by atoms with Gasteiger partial charge in [0.1, 0.15) is 6.04 Å². The van der Waals surface area contributed by atoms with Crippen LogP contribution in [-0.2, 0) is 14.4 Å². The van der Waals surface area contributed by atoms with E-state index in [4.69, 9.17) is 5.11 Å². The maximum absolute atomic E-state index is 12.2. The van der Waals surface area contributed by atoms with Crippen molar-refractivity contribution in [2.24, 2.45) is 5.92 Å². The van der Waals surface area contributed by atoms with Crippen molar-refractivity contribution in [3.8, 4) is 0 Å². The first kappa shape index (κ1) is 16.5. The van der Waals surface area contributed by atoms with Gasteiger partial charge in [-0.3, -0.25) is 14.4 Å². The summed E-state index contributed by atoms with van der Waals surface area (Å²) in [5.41, 5.74) is 0. The Labute approximate surface area is 119 Å². The van der Waals surface area contributed by atoms with Crippen molar-refractivity contribution in [1.82, 2.24) is 10.2 Å². The summed E-state index contributed by atoms with van der Waals surface area (Å²) in [4.78, 5) is 36.2. The van der Waals surface area contributed by atoms with Crippen LogP contribution in [0, 0.1) is 5.92 Å². The predicted molar refractivity (Wildman–Crippen MR) is 74.1 cm³/mol. The molecule has 2 atom stereocenters. The summed E-state index contributed by atoms with van der Waals surface area (Å²) in [6.45, 7) is 4.54. The van der Waals surface area contributed by atoms with Crippen molar-refractivity contribution in [2.75, 3.05) is 13.1 Å². The van der Waals surface area contributed by atoms with Gasteiger partial charge in [-0.1, -0.05) is 13.8 Å². The Hall–Kier alpha value is -1.59. The van der Waals surface area contributed by atoms with E-state index in [9.17, 15) is 14.4 Å². The first-order chi connectivity index (χ1) is 9.45. The van der Waals surface area contributed by atoms with Gasteiger partial charge in [0.05, 0.1) is 0 Å². The zero-order valence-corrected chi connectivity index (χ0v) is 12.2. The highest BCUT2D eigenvalue weighted by Crippen LogP contribution is 2.18. The van der Waals surface area contributed by atoms with E-state index in [2.05, 4.69) is 5.32 Å². The van der Waals surface area contributed by atoms with E-state index < -0.39 is 12.0 Å². The van der Waals surface area contributed by atoms with Crippen LogP contribution in [-0.4, -0.2) is 46.9 Å². The van der Waals surface area contributed by atoms with Gasteiger partial charge in [-0.05, 0) is 25.2 Å². The molecule has 1 aliphatic rings. The number of carboxylic acids is 1. The van der Waals surface area contributed by atoms with Crippen LogP contribution >= 0.6 is 0 Å². The molecule has 0 spiro atoms. The van der Waals surface area contributed by atoms with Crippen LogP contribution in [0.25, 0.3) is 0 Å². The van der Waals surface area contributed by atoms with Crippen molar-refractivity contribution < 1.29 is 19.5 Å². The van der Waals surface area contributed by atoms with Gasteiger partial charge in [0, 0.05) is 25.9 Å². The molecule has 1 heterocycles. The lowest BCUT2D eigenvalue weighted by molar-refractivity contribution is -0.142. The SMILES string of the molecule is CCC(=O)N1CCCCC1C(=O)NCC(C)CC(=O)O. The fraction of sp³-hybridized carbons (Fsp3) is 0.786. The van der Waals surface area contributed by atoms with Crippen molar-refractivity contribution in [2.45, 2.75) is 52.0 Å². The van der Waals surface area contributed by atoms with Crippen LogP contribution in [0.1, 0.15) is 46.0 Å². The fourth-order valence-corrected chi connectivity index (χ4v) is 2.47. The van der Waals surface area contributed by atoms with Crippen molar-refractivity contribution in [3.63, 3.8) is 0 Å². The molecular weight excluding hydrogens is 260 g/mol. The third-order valence-corrected chi connectivity index (χ3v) is 3.58. The van der Waals surface area contributed by atoms with Gasteiger partial charge in [0.2, 0.25) is 11.8 Å². The molecule has 1 aliphatic heterocycles. The van der Waals surface area contributed by atoms with E-state index in [0.29, 0.717) is 25.9 Å². The molecule has 2 N–H and O–H groups in total. The molecule has 1 saturated heterocycles. The topological polar surface area (TPSA) is 86.7 Å². The molecule has 0 bridgehead atoms. The number of nitrogens with one attached hydrogen (secondary N) is 1. The summed E-state index contributed by atoms with van der Waals surface area (Å²) < 4.78 is 0. The summed E-state index contributed by atoms with van der Waals surface area (Å²) in [7, 11) is 0. The normalized spacial score (nSPS) is 20.3. The molecule has 0 aromatic carbocycles. The number of hydrogen-bond acceptors (Lipinski definition) is 3. The molecule has 0 saturated carbocycles. The molecule has 2 unspecified atom stereocenters. The third-order valence-electron chi connectivity index (χ3n) is 3.58. The van der Waals surface area contributed by atoms with Crippen LogP contribution in [0.3, 0.4) is 0 Å². The minimum absolute atomic E-state index is 0.00318. The molecule has 2 amide bonds. The smallest absolute Gasteiger partial charge is 0.303 e. The van der Waals surface area contributed by atoms with Crippen molar-refractivity contribution >= 4 is 17.8 Å². The lowest BCUT2D eigenvalue weighted by Crippen LogP contribution is -2.52. The Kier molecular flexibility index (Phi) is 6.48. The summed E-state index contributed by atoms with van der Waals surface area (Å²) in [6, 6.07) is -0.395. The lowest BCUT2D eigenvalue weighted by atomic mass is 10.0. The second kappa shape index (κ2) is 7.87. The third kappa shape index (κ3) is 4.83. The average Bonchev–Trinajstić information content (AvgIpc) is 2.43. The minimum Gasteiger partial charge on any atom is -0.481 e. The second-order valence-electron chi connectivity index (χ2n) is 5.40. The van der Waals surface area contributed by atoms with E-state index in [1.54, 1.807) is 18.7 Å². The number of carbonyl (C=O) groups is 3. The zero-order chi connectivity index (χ0) is 15.1. The molecule has 0 aromatic rings. The number of carboxylic acid groups (broad SMARTS) is 1. The molecule has 114 valence electrons. The monoisotopic (exact) mass is 284 g/mol. The zero-order valence-electron chi connectivity index (χ0n) is 12.2. The molecule has 0 radical (unpaired) electrons. The molecule has 6 heteroatoms. The van der Waals surface area contributed by atoms with Gasteiger partial charge in [-0.2, -0.15) is 0 Å². The van der Waals surface area contributed by atoms with Gasteiger partial charge in [0.25, 0.3) is 0 Å². The first-order valence-electron chi connectivity index (χ1n) is 7.24. The summed E-state index contributed by atoms with van der Waals surface area (Å²) >= 11 is 0. The van der Waals surface area contributed by atoms with Gasteiger partial charge < -0.3 is 15.3 Å². The van der Waals surface area contributed by atoms with Crippen LogP contribution in [0.4, 0.5) is 0 Å². The summed E-state index contributed by atoms with van der Waals surface area (Å²) in [6.07, 6.45) is 2.99. The van der Waals surface area contributed by atoms with Gasteiger partial charge in [0.15, 0.2) is 0 Å². The summed E-state index contributed by atoms with van der Waals surface area (Å²) in [5, 5.41) is 11.4. The Bertz CT molecular complexity index is 370. The highest BCUT2D eigenvalue weighted by Gasteiger charge is 2.31. The van der Waals surface area contributed by atoms with Gasteiger partial charge >= 0.3 is 5.97 Å². The number of aliphatic carboxylic acids is 1. The van der Waals surface area contributed by atoms with E-state index in [-0.39, 0.29) is 24.2 Å². The largest absolute Gasteiger partial charge is 0.481 e. The number of hydrogen-bond donors (Lipinski definition) is 2. The Balaban J connectivity index is 2.51. The maximum Gasteiger partial charge on any atom is 0.303 e. The maximum atomic E-state index is 12.2. The Morgan fingerprint density at radius 2 is 2.05 bits per heavy atom. The number of piperidine rings is 1. The van der Waals surface area contributed by atoms with E-state index in [1.807, 2.05) is 0 Å². The van der Waals surface area contributed by atoms with E-state index >= 15 is 0 Å². The first-order valence-corrected chi connectivity index (χ1v) is 7.24. The number of carbonyl (C=O) groups excluding carboxylic acids is 2. The fourth-order valence-electron chi connectivity index (χ4n) is 2.47. The van der Waals surface area contributed by atoms with Gasteiger partial charge in [-0.25, -0.2) is 0 Å². The molecule has 20 heavy (non-hydrogen) atoms. The number of rotatable bonds is 6. The molecule has 6 nitrogen and oxygen atoms in total. The van der Waals surface area contributed by atoms with Crippen molar-refractivity contribution in [1.29, 1.82) is 0 Å². The molecular formula is C14H24N2O4. The van der Waals surface area contributed by atoms with E-state index in [0.717, 1.165) is 12.8 Å². The number of nitrogens with zero attached hydrogens (tertiary/aromatic N) is 1. The highest BCUT2D eigenvalue weighted by atomic mass is 16.4. The van der Waals surface area contributed by atoms with Crippen molar-refractivity contribution in [3.05, 3.63) is 0 Å². The standard InChI is InChI=1S/C14H24N2O4/c1-3-12(17)16-7-5-4-6-11(16)14(20)15-9-10(2)8-13(18)19/h10-11H,3-9H2,1-2H3,(H,15,20)(H,18,19). The van der Waals surface area contributed by atoms with Crippen LogP contribution in [0.5, 0.6) is 0 Å². The van der Waals surface area contributed by atoms with Crippen LogP contribution < -0.4 is 5.32 Å². The van der Waals surface area contributed by atoms with Crippen LogP contribution in [0.15, 0.2) is 0 Å². The Morgan fingerprint density at radius 3 is 2.65 bits per heavy atom. The summed E-state index contributed by atoms with van der Waals surface area (Å²) in [5.74, 6) is -1.14. The second-order valence-corrected chi connectivity index (χ2v) is 5.40. The van der Waals surface area contributed by atoms with Crippen LogP contribution in [0.2, 0.25) is 0 Å². The molecule has 0 aliphatic carbocycles. The number of amides is 2. The highest BCUT2D eigenvalue weighted by molar-refractivity contribution is 5.87.